The van der Waals surface area contributed by atoms with Crippen molar-refractivity contribution in [3.63, 3.8) is 0 Å². The van der Waals surface area contributed by atoms with E-state index in [1.807, 2.05) is 31.3 Å². The summed E-state index contributed by atoms with van der Waals surface area (Å²) in [6, 6.07) is 9.80. The predicted octanol–water partition coefficient (Wildman–Crippen LogP) is 0.847. The largest absolute Gasteiger partial charge is 0.507 e. The van der Waals surface area contributed by atoms with E-state index in [1.165, 1.54) is 0 Å². The Balaban J connectivity index is 1.79. The number of phenols is 1. The molecular formula is C18H23N2O3+. The Hall–Kier alpha value is -2.27. The van der Waals surface area contributed by atoms with Crippen molar-refractivity contribution in [1.82, 2.24) is 5.32 Å². The molecule has 0 bridgehead atoms. The number of methoxy groups -OCH3 is 1. The standard InChI is InChI=1S/C18H22N2O3/c1-20(11-18(22)19-13-5-6-13)10-16-15-9-14(23-2)7-3-12(15)4-8-17(16)21/h3-4,7-9,13,21H,5-6,10-11H2,1-2H3,(H,19,22)/p+1. The van der Waals surface area contributed by atoms with Crippen LogP contribution in [0.4, 0.5) is 0 Å². The third-order valence-electron chi connectivity index (χ3n) is 4.20. The zero-order valence-corrected chi connectivity index (χ0v) is 13.6. The average molecular weight is 315 g/mol. The normalized spacial score (nSPS) is 15.4. The first-order valence-electron chi connectivity index (χ1n) is 7.96. The lowest BCUT2D eigenvalue weighted by molar-refractivity contribution is -0.885. The number of rotatable bonds is 6. The first-order valence-corrected chi connectivity index (χ1v) is 7.96. The molecule has 23 heavy (non-hydrogen) atoms. The Bertz CT molecular complexity index is 726. The van der Waals surface area contributed by atoms with Gasteiger partial charge in [-0.05, 0) is 41.8 Å². The maximum atomic E-state index is 11.9. The molecule has 1 atom stereocenters. The van der Waals surface area contributed by atoms with E-state index in [-0.39, 0.29) is 11.7 Å². The smallest absolute Gasteiger partial charge is 0.275 e. The maximum Gasteiger partial charge on any atom is 0.275 e. The van der Waals surface area contributed by atoms with Crippen molar-refractivity contribution in [2.24, 2.45) is 0 Å². The number of benzene rings is 2. The summed E-state index contributed by atoms with van der Waals surface area (Å²) >= 11 is 0. The molecule has 0 aliphatic heterocycles. The van der Waals surface area contributed by atoms with Crippen molar-refractivity contribution in [3.8, 4) is 11.5 Å². The predicted molar refractivity (Wildman–Crippen MR) is 88.8 cm³/mol. The molecule has 1 aliphatic carbocycles. The zero-order chi connectivity index (χ0) is 16.4. The number of aromatic hydroxyl groups is 1. The third-order valence-corrected chi connectivity index (χ3v) is 4.20. The van der Waals surface area contributed by atoms with Gasteiger partial charge in [0.1, 0.15) is 18.0 Å². The molecule has 1 aliphatic rings. The minimum atomic E-state index is 0.0716. The van der Waals surface area contributed by atoms with Crippen LogP contribution in [0.1, 0.15) is 18.4 Å². The zero-order valence-electron chi connectivity index (χ0n) is 13.6. The molecule has 2 aromatic carbocycles. The Kier molecular flexibility index (Phi) is 4.39. The highest BCUT2D eigenvalue weighted by molar-refractivity contribution is 5.88. The fourth-order valence-corrected chi connectivity index (χ4v) is 2.81. The Labute approximate surface area is 135 Å². The second-order valence-corrected chi connectivity index (χ2v) is 6.30. The lowest BCUT2D eigenvalue weighted by atomic mass is 10.0. The van der Waals surface area contributed by atoms with Crippen molar-refractivity contribution in [1.29, 1.82) is 0 Å². The topological polar surface area (TPSA) is 63.0 Å². The highest BCUT2D eigenvalue weighted by Gasteiger charge is 2.24. The van der Waals surface area contributed by atoms with E-state index in [4.69, 9.17) is 4.74 Å². The van der Waals surface area contributed by atoms with Crippen LogP contribution in [0.5, 0.6) is 11.5 Å². The summed E-state index contributed by atoms with van der Waals surface area (Å²) in [5, 5.41) is 15.3. The van der Waals surface area contributed by atoms with Crippen molar-refractivity contribution >= 4 is 16.7 Å². The third kappa shape index (κ3) is 3.74. The number of likely N-dealkylation sites (N-methyl/N-ethyl adjacent to an activating group) is 1. The number of quaternary nitrogens is 1. The van der Waals surface area contributed by atoms with Gasteiger partial charge in [0, 0.05) is 6.04 Å². The minimum absolute atomic E-state index is 0.0716. The number of carbonyl (C=O) groups is 1. The molecule has 1 fully saturated rings. The van der Waals surface area contributed by atoms with E-state index in [9.17, 15) is 9.90 Å². The van der Waals surface area contributed by atoms with Gasteiger partial charge in [-0.1, -0.05) is 12.1 Å². The monoisotopic (exact) mass is 315 g/mol. The first kappa shape index (κ1) is 15.6. The lowest BCUT2D eigenvalue weighted by Crippen LogP contribution is -3.08. The summed E-state index contributed by atoms with van der Waals surface area (Å²) in [4.78, 5) is 13.0. The lowest BCUT2D eigenvalue weighted by Gasteiger charge is -2.16. The molecule has 5 heteroatoms. The molecule has 0 radical (unpaired) electrons. The fraction of sp³-hybridized carbons (Fsp3) is 0.389. The SMILES string of the molecule is COc1ccc2ccc(O)c(C[NH+](C)CC(=O)NC3CC3)c2c1. The summed E-state index contributed by atoms with van der Waals surface area (Å²) in [6.45, 7) is 0.977. The van der Waals surface area contributed by atoms with Crippen LogP contribution < -0.4 is 15.0 Å². The molecule has 1 saturated carbocycles. The molecule has 2 aromatic rings. The van der Waals surface area contributed by atoms with E-state index >= 15 is 0 Å². The van der Waals surface area contributed by atoms with Gasteiger partial charge < -0.3 is 20.1 Å². The van der Waals surface area contributed by atoms with Gasteiger partial charge in [-0.25, -0.2) is 0 Å². The van der Waals surface area contributed by atoms with Gasteiger partial charge in [0.25, 0.3) is 5.91 Å². The quantitative estimate of drug-likeness (QED) is 0.740. The minimum Gasteiger partial charge on any atom is -0.507 e. The number of nitrogens with one attached hydrogen (secondary N) is 2. The van der Waals surface area contributed by atoms with Crippen molar-refractivity contribution < 1.29 is 19.5 Å². The molecule has 5 nitrogen and oxygen atoms in total. The molecule has 0 saturated heterocycles. The molecule has 3 rings (SSSR count). The van der Waals surface area contributed by atoms with Crippen LogP contribution in [0.2, 0.25) is 0 Å². The Morgan fingerprint density at radius 1 is 1.35 bits per heavy atom. The molecule has 0 spiro atoms. The summed E-state index contributed by atoms with van der Waals surface area (Å²) in [7, 11) is 3.59. The van der Waals surface area contributed by atoms with Crippen LogP contribution in [0.15, 0.2) is 30.3 Å². The van der Waals surface area contributed by atoms with Crippen LogP contribution in [-0.2, 0) is 11.3 Å². The highest BCUT2D eigenvalue weighted by atomic mass is 16.5. The van der Waals surface area contributed by atoms with Crippen LogP contribution >= 0.6 is 0 Å². The number of ether oxygens (including phenoxy) is 1. The van der Waals surface area contributed by atoms with E-state index in [2.05, 4.69) is 5.32 Å². The van der Waals surface area contributed by atoms with Crippen molar-refractivity contribution in [3.05, 3.63) is 35.9 Å². The van der Waals surface area contributed by atoms with Gasteiger partial charge >= 0.3 is 0 Å². The summed E-state index contributed by atoms with van der Waals surface area (Å²) in [5.41, 5.74) is 0.845. The summed E-state index contributed by atoms with van der Waals surface area (Å²) in [5.74, 6) is 1.09. The number of fused-ring (bicyclic) bond motifs is 1. The molecule has 3 N–H and O–H groups in total. The van der Waals surface area contributed by atoms with Crippen molar-refractivity contribution in [2.75, 3.05) is 20.7 Å². The second-order valence-electron chi connectivity index (χ2n) is 6.30. The number of carbonyl (C=O) groups excluding carboxylic acids is 1. The van der Waals surface area contributed by atoms with Crippen LogP contribution in [0.25, 0.3) is 10.8 Å². The van der Waals surface area contributed by atoms with E-state index in [0.29, 0.717) is 19.1 Å². The molecular weight excluding hydrogens is 292 g/mol. The van der Waals surface area contributed by atoms with E-state index < -0.39 is 0 Å². The fourth-order valence-electron chi connectivity index (χ4n) is 2.81. The number of amides is 1. The molecule has 0 heterocycles. The molecule has 1 unspecified atom stereocenters. The molecule has 122 valence electrons. The van der Waals surface area contributed by atoms with Gasteiger partial charge in [0.2, 0.25) is 0 Å². The molecule has 0 aromatic heterocycles. The van der Waals surface area contributed by atoms with E-state index in [1.54, 1.807) is 13.2 Å². The Morgan fingerprint density at radius 2 is 2.09 bits per heavy atom. The van der Waals surface area contributed by atoms with Crippen LogP contribution in [0, 0.1) is 0 Å². The number of hydrogen-bond donors (Lipinski definition) is 3. The summed E-state index contributed by atoms with van der Waals surface area (Å²) < 4.78 is 5.28. The van der Waals surface area contributed by atoms with Gasteiger partial charge in [-0.3, -0.25) is 4.79 Å². The highest BCUT2D eigenvalue weighted by Crippen LogP contribution is 2.29. The Morgan fingerprint density at radius 3 is 2.78 bits per heavy atom. The summed E-state index contributed by atoms with van der Waals surface area (Å²) in [6.07, 6.45) is 2.18. The van der Waals surface area contributed by atoms with Crippen LogP contribution in [-0.4, -0.2) is 37.8 Å². The van der Waals surface area contributed by atoms with Crippen LogP contribution in [0.3, 0.4) is 0 Å². The molecule has 1 amide bonds. The number of phenolic OH excluding ortho intramolecular Hbond substituents is 1. The van der Waals surface area contributed by atoms with Gasteiger partial charge in [0.05, 0.1) is 19.7 Å². The van der Waals surface area contributed by atoms with Gasteiger partial charge in [-0.15, -0.1) is 0 Å². The second kappa shape index (κ2) is 6.46. The first-order chi connectivity index (χ1) is 11.1. The maximum absolute atomic E-state index is 11.9. The average Bonchev–Trinajstić information content (AvgIpc) is 3.33. The van der Waals surface area contributed by atoms with Gasteiger partial charge in [0.15, 0.2) is 6.54 Å². The number of hydrogen-bond acceptors (Lipinski definition) is 3. The van der Waals surface area contributed by atoms with Crippen molar-refractivity contribution in [2.45, 2.75) is 25.4 Å². The van der Waals surface area contributed by atoms with E-state index in [0.717, 1.165) is 39.8 Å². The van der Waals surface area contributed by atoms with Gasteiger partial charge in [-0.2, -0.15) is 0 Å².